The lowest BCUT2D eigenvalue weighted by Crippen LogP contribution is -2.47. The van der Waals surface area contributed by atoms with E-state index in [0.29, 0.717) is 6.04 Å². The number of nitrogens with zero attached hydrogens (tertiary/aromatic N) is 1. The largest absolute Gasteiger partial charge is 0.389 e. The van der Waals surface area contributed by atoms with Crippen LogP contribution in [0.2, 0.25) is 0 Å². The summed E-state index contributed by atoms with van der Waals surface area (Å²) in [6.07, 6.45) is 8.15. The van der Waals surface area contributed by atoms with Crippen molar-refractivity contribution < 1.29 is 9.84 Å². The van der Waals surface area contributed by atoms with Gasteiger partial charge in [-0.2, -0.15) is 0 Å². The summed E-state index contributed by atoms with van der Waals surface area (Å²) in [6.45, 7) is 6.26. The highest BCUT2D eigenvalue weighted by Gasteiger charge is 2.47. The molecular formula is C17H30N2O2. The quantitative estimate of drug-likeness (QED) is 0.807. The second kappa shape index (κ2) is 5.19. The molecular weight excluding hydrogens is 264 g/mol. The van der Waals surface area contributed by atoms with Crippen LogP contribution in [0.5, 0.6) is 0 Å². The molecule has 120 valence electrons. The first-order chi connectivity index (χ1) is 10.1. The lowest BCUT2D eigenvalue weighted by atomic mass is 9.87. The molecule has 0 aromatic heterocycles. The Kier molecular flexibility index (Phi) is 3.57. The summed E-state index contributed by atoms with van der Waals surface area (Å²) in [5, 5.41) is 13.9. The molecule has 4 aliphatic rings. The van der Waals surface area contributed by atoms with Gasteiger partial charge in [-0.3, -0.25) is 0 Å². The van der Waals surface area contributed by atoms with Crippen molar-refractivity contribution in [2.75, 3.05) is 26.2 Å². The number of nitrogens with one attached hydrogen (secondary N) is 1. The molecule has 4 nitrogen and oxygen atoms in total. The van der Waals surface area contributed by atoms with Crippen molar-refractivity contribution in [1.29, 1.82) is 0 Å². The predicted molar refractivity (Wildman–Crippen MR) is 82.3 cm³/mol. The summed E-state index contributed by atoms with van der Waals surface area (Å²) in [5.74, 6) is 0.919. The first-order valence-corrected chi connectivity index (χ1v) is 8.95. The van der Waals surface area contributed by atoms with Crippen LogP contribution in [0.1, 0.15) is 51.9 Å². The summed E-state index contributed by atoms with van der Waals surface area (Å²) >= 11 is 0. The van der Waals surface area contributed by atoms with Crippen molar-refractivity contribution in [3.63, 3.8) is 0 Å². The SMILES string of the molecule is CC[C@@H]1C[C@H]1NC1COC2(CCN(CC3(O)CC3)CC2)C1. The molecule has 0 bridgehead atoms. The summed E-state index contributed by atoms with van der Waals surface area (Å²) in [6, 6.07) is 1.34. The van der Waals surface area contributed by atoms with Crippen LogP contribution in [-0.2, 0) is 4.74 Å². The number of hydrogen-bond donors (Lipinski definition) is 2. The normalized spacial score (nSPS) is 40.6. The Balaban J connectivity index is 1.24. The highest BCUT2D eigenvalue weighted by molar-refractivity contribution is 5.02. The second-order valence-electron chi connectivity index (χ2n) is 8.07. The van der Waals surface area contributed by atoms with Crippen LogP contribution in [0.25, 0.3) is 0 Å². The Morgan fingerprint density at radius 1 is 1.24 bits per heavy atom. The summed E-state index contributed by atoms with van der Waals surface area (Å²) in [4.78, 5) is 2.44. The molecule has 2 saturated heterocycles. The van der Waals surface area contributed by atoms with Crippen molar-refractivity contribution in [2.45, 2.75) is 75.2 Å². The van der Waals surface area contributed by atoms with Gasteiger partial charge in [0.1, 0.15) is 0 Å². The molecule has 3 atom stereocenters. The van der Waals surface area contributed by atoms with Crippen molar-refractivity contribution in [3.05, 3.63) is 0 Å². The van der Waals surface area contributed by atoms with Crippen molar-refractivity contribution >= 4 is 0 Å². The molecule has 4 heteroatoms. The molecule has 1 unspecified atom stereocenters. The third-order valence-corrected chi connectivity index (χ3v) is 6.22. The van der Waals surface area contributed by atoms with Crippen LogP contribution in [0.15, 0.2) is 0 Å². The minimum Gasteiger partial charge on any atom is -0.389 e. The Hall–Kier alpha value is -0.160. The van der Waals surface area contributed by atoms with E-state index in [1.807, 2.05) is 0 Å². The van der Waals surface area contributed by atoms with Gasteiger partial charge in [0.15, 0.2) is 0 Å². The molecule has 2 saturated carbocycles. The highest BCUT2D eigenvalue weighted by Crippen LogP contribution is 2.41. The molecule has 2 aliphatic carbocycles. The van der Waals surface area contributed by atoms with E-state index in [4.69, 9.17) is 4.74 Å². The highest BCUT2D eigenvalue weighted by atomic mass is 16.5. The smallest absolute Gasteiger partial charge is 0.0776 e. The zero-order chi connectivity index (χ0) is 14.5. The average Bonchev–Trinajstić information content (AvgIpc) is 3.35. The van der Waals surface area contributed by atoms with Crippen LogP contribution >= 0.6 is 0 Å². The van der Waals surface area contributed by atoms with E-state index in [0.717, 1.165) is 63.9 Å². The average molecular weight is 294 g/mol. The number of rotatable bonds is 5. The predicted octanol–water partition coefficient (Wildman–Crippen LogP) is 1.52. The molecule has 0 aromatic rings. The van der Waals surface area contributed by atoms with Gasteiger partial charge in [0.2, 0.25) is 0 Å². The number of hydrogen-bond acceptors (Lipinski definition) is 4. The molecule has 2 aliphatic heterocycles. The number of piperidine rings is 1. The Labute approximate surface area is 128 Å². The van der Waals surface area contributed by atoms with E-state index in [1.165, 1.54) is 19.3 Å². The van der Waals surface area contributed by atoms with Crippen molar-refractivity contribution in [3.8, 4) is 0 Å². The van der Waals surface area contributed by atoms with Gasteiger partial charge in [-0.15, -0.1) is 0 Å². The third kappa shape index (κ3) is 3.14. The third-order valence-electron chi connectivity index (χ3n) is 6.22. The monoisotopic (exact) mass is 294 g/mol. The molecule has 21 heavy (non-hydrogen) atoms. The van der Waals surface area contributed by atoms with E-state index in [-0.39, 0.29) is 11.2 Å². The van der Waals surface area contributed by atoms with Crippen molar-refractivity contribution in [1.82, 2.24) is 10.2 Å². The molecule has 4 fully saturated rings. The van der Waals surface area contributed by atoms with Gasteiger partial charge in [-0.05, 0) is 44.4 Å². The van der Waals surface area contributed by atoms with Gasteiger partial charge >= 0.3 is 0 Å². The fourth-order valence-electron chi connectivity index (χ4n) is 4.34. The van der Waals surface area contributed by atoms with E-state index >= 15 is 0 Å². The van der Waals surface area contributed by atoms with E-state index < -0.39 is 0 Å². The maximum atomic E-state index is 10.1. The van der Waals surface area contributed by atoms with Gasteiger partial charge in [0.25, 0.3) is 0 Å². The maximum absolute atomic E-state index is 10.1. The summed E-state index contributed by atoms with van der Waals surface area (Å²) < 4.78 is 6.23. The first kappa shape index (κ1) is 14.4. The molecule has 0 amide bonds. The standard InChI is InChI=1S/C17H30N2O2/c1-2-13-9-15(13)18-14-10-17(21-11-14)5-7-19(8-6-17)12-16(20)3-4-16/h13-15,18,20H,2-12H2,1H3/t13-,14?,15-/m1/s1. The molecule has 2 heterocycles. The van der Waals surface area contributed by atoms with Gasteiger partial charge < -0.3 is 20.1 Å². The van der Waals surface area contributed by atoms with Crippen LogP contribution in [0.3, 0.4) is 0 Å². The lowest BCUT2D eigenvalue weighted by Gasteiger charge is -2.39. The van der Waals surface area contributed by atoms with Crippen LogP contribution in [0, 0.1) is 5.92 Å². The number of likely N-dealkylation sites (tertiary alicyclic amines) is 1. The molecule has 2 N–H and O–H groups in total. The van der Waals surface area contributed by atoms with E-state index in [1.54, 1.807) is 0 Å². The summed E-state index contributed by atoms with van der Waals surface area (Å²) in [5.41, 5.74) is -0.205. The number of ether oxygens (including phenoxy) is 1. The second-order valence-corrected chi connectivity index (χ2v) is 8.07. The number of aliphatic hydroxyl groups is 1. The number of β-amino-alcohol motifs (C(OH)–C–C–N with tert-alkyl or cyclic N) is 1. The fourth-order valence-corrected chi connectivity index (χ4v) is 4.34. The Morgan fingerprint density at radius 2 is 2.00 bits per heavy atom. The molecule has 0 aromatic carbocycles. The van der Waals surface area contributed by atoms with Gasteiger partial charge in [-0.1, -0.05) is 13.3 Å². The van der Waals surface area contributed by atoms with Crippen LogP contribution in [0.4, 0.5) is 0 Å². The van der Waals surface area contributed by atoms with Gasteiger partial charge in [0.05, 0.1) is 17.8 Å². The summed E-state index contributed by atoms with van der Waals surface area (Å²) in [7, 11) is 0. The molecule has 1 spiro atoms. The first-order valence-electron chi connectivity index (χ1n) is 8.95. The zero-order valence-corrected chi connectivity index (χ0v) is 13.3. The molecule has 0 radical (unpaired) electrons. The maximum Gasteiger partial charge on any atom is 0.0776 e. The van der Waals surface area contributed by atoms with Crippen molar-refractivity contribution in [2.24, 2.45) is 5.92 Å². The Morgan fingerprint density at radius 3 is 2.62 bits per heavy atom. The van der Waals surface area contributed by atoms with E-state index in [2.05, 4.69) is 17.1 Å². The minimum absolute atomic E-state index is 0.136. The molecule has 4 rings (SSSR count). The zero-order valence-electron chi connectivity index (χ0n) is 13.3. The fraction of sp³-hybridized carbons (Fsp3) is 1.00. The van der Waals surface area contributed by atoms with Gasteiger partial charge in [0, 0.05) is 31.7 Å². The lowest BCUT2D eigenvalue weighted by molar-refractivity contribution is -0.0511. The van der Waals surface area contributed by atoms with Crippen LogP contribution in [-0.4, -0.2) is 59.5 Å². The van der Waals surface area contributed by atoms with E-state index in [9.17, 15) is 5.11 Å². The topological polar surface area (TPSA) is 44.7 Å². The van der Waals surface area contributed by atoms with Crippen LogP contribution < -0.4 is 5.32 Å². The minimum atomic E-state index is -0.341. The van der Waals surface area contributed by atoms with Gasteiger partial charge in [-0.25, -0.2) is 0 Å². The Bertz CT molecular complexity index is 388.